The van der Waals surface area contributed by atoms with Crippen LogP contribution in [-0.4, -0.2) is 37.9 Å². The van der Waals surface area contributed by atoms with Crippen LogP contribution in [0.4, 0.5) is 0 Å². The molecule has 4 heteroatoms. The first-order valence-electron chi connectivity index (χ1n) is 7.38. The monoisotopic (exact) mass is 292 g/mol. The molecule has 1 heterocycles. The van der Waals surface area contributed by atoms with Crippen LogP contribution >= 0.6 is 11.8 Å². The van der Waals surface area contributed by atoms with E-state index in [4.69, 9.17) is 0 Å². The average molecular weight is 293 g/mol. The van der Waals surface area contributed by atoms with Crippen LogP contribution in [-0.2, 0) is 10.8 Å². The molecular formula is C14H28O2S2. The summed E-state index contributed by atoms with van der Waals surface area (Å²) in [7, 11) is -0.807. The molecule has 0 saturated carbocycles. The van der Waals surface area contributed by atoms with Gasteiger partial charge in [-0.25, -0.2) is 0 Å². The fourth-order valence-electron chi connectivity index (χ4n) is 2.30. The molecule has 0 radical (unpaired) electrons. The Balaban J connectivity index is 1.92. The molecule has 1 aliphatic heterocycles. The van der Waals surface area contributed by atoms with E-state index in [1.165, 1.54) is 44.9 Å². The lowest BCUT2D eigenvalue weighted by Gasteiger charge is -2.12. The lowest BCUT2D eigenvalue weighted by Crippen LogP contribution is -2.29. The van der Waals surface area contributed by atoms with Gasteiger partial charge in [0.15, 0.2) is 0 Å². The van der Waals surface area contributed by atoms with Gasteiger partial charge in [0.25, 0.3) is 0 Å². The third-order valence-electron chi connectivity index (χ3n) is 3.54. The molecular weight excluding hydrogens is 264 g/mol. The highest BCUT2D eigenvalue weighted by molar-refractivity contribution is 8.00. The second-order valence-corrected chi connectivity index (χ2v) is 8.05. The number of aliphatic hydroxyl groups excluding tert-OH is 1. The van der Waals surface area contributed by atoms with Gasteiger partial charge in [0.1, 0.15) is 0 Å². The second kappa shape index (κ2) is 10.3. The Labute approximate surface area is 119 Å². The van der Waals surface area contributed by atoms with Gasteiger partial charge < -0.3 is 5.11 Å². The minimum Gasteiger partial charge on any atom is -0.391 e. The van der Waals surface area contributed by atoms with E-state index in [1.807, 2.05) is 0 Å². The third-order valence-corrected chi connectivity index (χ3v) is 6.77. The van der Waals surface area contributed by atoms with Gasteiger partial charge in [-0.05, 0) is 6.42 Å². The Morgan fingerprint density at radius 2 is 1.67 bits per heavy atom. The number of hydrogen-bond acceptors (Lipinski definition) is 3. The van der Waals surface area contributed by atoms with E-state index in [1.54, 1.807) is 11.8 Å². The van der Waals surface area contributed by atoms with Gasteiger partial charge in [0, 0.05) is 28.1 Å². The lowest BCUT2D eigenvalue weighted by molar-refractivity contribution is 0.206. The Bertz CT molecular complexity index is 234. The summed E-state index contributed by atoms with van der Waals surface area (Å²) in [5.41, 5.74) is 0. The van der Waals surface area contributed by atoms with E-state index in [0.29, 0.717) is 0 Å². The van der Waals surface area contributed by atoms with Crippen molar-refractivity contribution in [2.24, 2.45) is 0 Å². The zero-order valence-electron chi connectivity index (χ0n) is 11.6. The summed E-state index contributed by atoms with van der Waals surface area (Å²) >= 11 is 1.73. The molecule has 18 heavy (non-hydrogen) atoms. The highest BCUT2D eigenvalue weighted by atomic mass is 32.2. The Kier molecular flexibility index (Phi) is 9.42. The standard InChI is InChI=1S/C14H28O2S2/c1-2-3-4-5-6-7-8-9-10-18(16)14-12-17-11-13(14)15/h13-15H,2-12H2,1H3. The van der Waals surface area contributed by atoms with Gasteiger partial charge in [-0.1, -0.05) is 51.9 Å². The van der Waals surface area contributed by atoms with Gasteiger partial charge in [0.05, 0.1) is 11.4 Å². The summed E-state index contributed by atoms with van der Waals surface area (Å²) in [5.74, 6) is 2.44. The quantitative estimate of drug-likeness (QED) is 0.627. The minimum atomic E-state index is -0.807. The summed E-state index contributed by atoms with van der Waals surface area (Å²) in [4.78, 5) is 0. The van der Waals surface area contributed by atoms with Crippen molar-refractivity contribution in [3.63, 3.8) is 0 Å². The molecule has 1 saturated heterocycles. The van der Waals surface area contributed by atoms with Crippen LogP contribution in [0.3, 0.4) is 0 Å². The van der Waals surface area contributed by atoms with Gasteiger partial charge in [-0.15, -0.1) is 0 Å². The number of thioether (sulfide) groups is 1. The van der Waals surface area contributed by atoms with E-state index in [-0.39, 0.29) is 11.4 Å². The summed E-state index contributed by atoms with van der Waals surface area (Å²) in [6, 6.07) is 0. The maximum Gasteiger partial charge on any atom is 0.0781 e. The molecule has 0 amide bonds. The summed E-state index contributed by atoms with van der Waals surface area (Å²) in [6.45, 7) is 2.24. The SMILES string of the molecule is CCCCCCCCCCS(=O)C1CSCC1O. The normalized spacial score (nSPS) is 25.4. The fourth-order valence-corrected chi connectivity index (χ4v) is 5.62. The zero-order valence-corrected chi connectivity index (χ0v) is 13.2. The average Bonchev–Trinajstić information content (AvgIpc) is 2.79. The van der Waals surface area contributed by atoms with Crippen molar-refractivity contribution in [3.05, 3.63) is 0 Å². The highest BCUT2D eigenvalue weighted by Crippen LogP contribution is 2.23. The molecule has 2 nitrogen and oxygen atoms in total. The second-order valence-electron chi connectivity index (χ2n) is 5.20. The van der Waals surface area contributed by atoms with Crippen LogP contribution in [0.15, 0.2) is 0 Å². The zero-order chi connectivity index (χ0) is 13.2. The van der Waals surface area contributed by atoms with Crippen molar-refractivity contribution in [1.29, 1.82) is 0 Å². The van der Waals surface area contributed by atoms with Gasteiger partial charge >= 0.3 is 0 Å². The minimum absolute atomic E-state index is 0.0413. The van der Waals surface area contributed by atoms with E-state index in [0.717, 1.165) is 23.7 Å². The predicted molar refractivity (Wildman–Crippen MR) is 82.7 cm³/mol. The number of rotatable bonds is 10. The highest BCUT2D eigenvalue weighted by Gasteiger charge is 2.30. The number of aliphatic hydroxyl groups is 1. The molecule has 0 aromatic rings. The predicted octanol–water partition coefficient (Wildman–Crippen LogP) is 3.35. The van der Waals surface area contributed by atoms with Gasteiger partial charge in [0.2, 0.25) is 0 Å². The van der Waals surface area contributed by atoms with Crippen LogP contribution < -0.4 is 0 Å². The molecule has 1 rings (SSSR count). The molecule has 1 N–H and O–H groups in total. The molecule has 108 valence electrons. The number of hydrogen-bond donors (Lipinski definition) is 1. The van der Waals surface area contributed by atoms with Crippen LogP contribution in [0.25, 0.3) is 0 Å². The Morgan fingerprint density at radius 1 is 1.06 bits per heavy atom. The molecule has 0 aromatic heterocycles. The molecule has 3 atom stereocenters. The van der Waals surface area contributed by atoms with E-state index in [9.17, 15) is 9.32 Å². The maximum atomic E-state index is 12.0. The molecule has 0 aliphatic carbocycles. The lowest BCUT2D eigenvalue weighted by atomic mass is 10.1. The first-order chi connectivity index (χ1) is 8.75. The van der Waals surface area contributed by atoms with Crippen molar-refractivity contribution in [2.45, 2.75) is 69.6 Å². The van der Waals surface area contributed by atoms with Crippen molar-refractivity contribution in [3.8, 4) is 0 Å². The maximum absolute atomic E-state index is 12.0. The summed E-state index contributed by atoms with van der Waals surface area (Å²) in [6.07, 6.45) is 9.94. The molecule has 0 bridgehead atoms. The van der Waals surface area contributed by atoms with Gasteiger partial charge in [-0.3, -0.25) is 4.21 Å². The molecule has 3 unspecified atom stereocenters. The number of unbranched alkanes of at least 4 members (excludes halogenated alkanes) is 7. The van der Waals surface area contributed by atoms with Crippen LogP contribution in [0.1, 0.15) is 58.3 Å². The van der Waals surface area contributed by atoms with Crippen LogP contribution in [0.5, 0.6) is 0 Å². The molecule has 1 aliphatic rings. The Hall–Kier alpha value is 0.460. The van der Waals surface area contributed by atoms with Gasteiger partial charge in [-0.2, -0.15) is 11.8 Å². The fraction of sp³-hybridized carbons (Fsp3) is 1.00. The van der Waals surface area contributed by atoms with Crippen molar-refractivity contribution >= 4 is 22.6 Å². The molecule has 0 aromatic carbocycles. The van der Waals surface area contributed by atoms with E-state index >= 15 is 0 Å². The van der Waals surface area contributed by atoms with Crippen LogP contribution in [0.2, 0.25) is 0 Å². The first kappa shape index (κ1) is 16.5. The van der Waals surface area contributed by atoms with E-state index < -0.39 is 10.8 Å². The molecule has 0 spiro atoms. The molecule has 1 fully saturated rings. The van der Waals surface area contributed by atoms with Crippen molar-refractivity contribution in [1.82, 2.24) is 0 Å². The first-order valence-corrected chi connectivity index (χ1v) is 9.92. The van der Waals surface area contributed by atoms with Crippen molar-refractivity contribution < 1.29 is 9.32 Å². The smallest absolute Gasteiger partial charge is 0.0781 e. The summed E-state index contributed by atoms with van der Waals surface area (Å²) < 4.78 is 12.0. The van der Waals surface area contributed by atoms with Crippen LogP contribution in [0, 0.1) is 0 Å². The van der Waals surface area contributed by atoms with E-state index in [2.05, 4.69) is 6.92 Å². The largest absolute Gasteiger partial charge is 0.391 e. The topological polar surface area (TPSA) is 37.3 Å². The summed E-state index contributed by atoms with van der Waals surface area (Å²) in [5, 5.41) is 9.71. The Morgan fingerprint density at radius 3 is 2.22 bits per heavy atom. The third kappa shape index (κ3) is 6.58. The van der Waals surface area contributed by atoms with Crippen molar-refractivity contribution in [2.75, 3.05) is 17.3 Å².